The van der Waals surface area contributed by atoms with Crippen LogP contribution in [0.3, 0.4) is 0 Å². The zero-order valence-electron chi connectivity index (χ0n) is 11.0. The molecule has 0 aliphatic carbocycles. The van der Waals surface area contributed by atoms with Gasteiger partial charge in [0.15, 0.2) is 0 Å². The second kappa shape index (κ2) is 6.13. The molecule has 1 unspecified atom stereocenters. The molecular weight excluding hydrogens is 237 g/mol. The highest BCUT2D eigenvalue weighted by atomic mass is 31.0. The molecule has 0 heterocycles. The lowest BCUT2D eigenvalue weighted by Crippen LogP contribution is -2.20. The Morgan fingerprint density at radius 1 is 0.722 bits per heavy atom. The van der Waals surface area contributed by atoms with E-state index >= 15 is 0 Å². The van der Waals surface area contributed by atoms with Gasteiger partial charge in [-0.1, -0.05) is 70.1 Å². The van der Waals surface area contributed by atoms with Crippen LogP contribution in [0.15, 0.2) is 60.7 Å². The van der Waals surface area contributed by atoms with Crippen LogP contribution in [-0.2, 0) is 0 Å². The molecule has 0 amide bonds. The molecular formula is C16H20NP. The van der Waals surface area contributed by atoms with Crippen LogP contribution in [-0.4, -0.2) is 4.67 Å². The molecule has 3 atom stereocenters. The van der Waals surface area contributed by atoms with Gasteiger partial charge < -0.3 is 0 Å². The largest absolute Gasteiger partial charge is 0.273 e. The minimum atomic E-state index is 0.381. The summed E-state index contributed by atoms with van der Waals surface area (Å²) < 4.78 is 2.32. The first-order valence-corrected chi connectivity index (χ1v) is 6.84. The highest BCUT2D eigenvalue weighted by Gasteiger charge is 2.18. The molecule has 0 saturated heterocycles. The highest BCUT2D eigenvalue weighted by Crippen LogP contribution is 2.33. The van der Waals surface area contributed by atoms with Crippen molar-refractivity contribution in [2.45, 2.75) is 25.9 Å². The molecule has 0 aliphatic heterocycles. The molecule has 0 N–H and O–H groups in total. The fraction of sp³-hybridized carbons (Fsp3) is 0.250. The van der Waals surface area contributed by atoms with Gasteiger partial charge in [-0.2, -0.15) is 0 Å². The second-order valence-corrected chi connectivity index (χ2v) is 5.22. The van der Waals surface area contributed by atoms with Crippen molar-refractivity contribution in [1.29, 1.82) is 0 Å². The Bertz CT molecular complexity index is 423. The molecule has 2 rings (SSSR count). The normalized spacial score (nSPS) is 14.4. The van der Waals surface area contributed by atoms with E-state index in [0.717, 1.165) is 0 Å². The van der Waals surface area contributed by atoms with E-state index in [2.05, 4.69) is 88.6 Å². The summed E-state index contributed by atoms with van der Waals surface area (Å²) in [6.07, 6.45) is 0. The summed E-state index contributed by atoms with van der Waals surface area (Å²) in [6, 6.07) is 22.0. The van der Waals surface area contributed by atoms with Crippen LogP contribution in [0, 0.1) is 0 Å². The fourth-order valence-electron chi connectivity index (χ4n) is 2.14. The van der Waals surface area contributed by atoms with Gasteiger partial charge >= 0.3 is 0 Å². The molecule has 0 fully saturated rings. The second-order valence-electron chi connectivity index (χ2n) is 4.62. The summed E-state index contributed by atoms with van der Waals surface area (Å²) >= 11 is 0. The molecule has 0 bridgehead atoms. The van der Waals surface area contributed by atoms with Crippen molar-refractivity contribution in [3.8, 4) is 0 Å². The van der Waals surface area contributed by atoms with Crippen LogP contribution in [0.1, 0.15) is 37.1 Å². The van der Waals surface area contributed by atoms with Crippen molar-refractivity contribution >= 4 is 9.39 Å². The first-order chi connectivity index (χ1) is 8.70. The highest BCUT2D eigenvalue weighted by molar-refractivity contribution is 7.13. The van der Waals surface area contributed by atoms with Crippen LogP contribution < -0.4 is 0 Å². The maximum absolute atomic E-state index is 2.87. The van der Waals surface area contributed by atoms with E-state index in [4.69, 9.17) is 0 Å². The molecule has 0 aromatic heterocycles. The van der Waals surface area contributed by atoms with E-state index in [1.165, 1.54) is 11.1 Å². The Morgan fingerprint density at radius 2 is 1.06 bits per heavy atom. The minimum absolute atomic E-state index is 0.381. The molecule has 2 heteroatoms. The Morgan fingerprint density at radius 3 is 1.39 bits per heavy atom. The van der Waals surface area contributed by atoms with Gasteiger partial charge in [0.1, 0.15) is 0 Å². The van der Waals surface area contributed by atoms with E-state index in [1.54, 1.807) is 0 Å². The van der Waals surface area contributed by atoms with Gasteiger partial charge in [0.2, 0.25) is 0 Å². The number of nitrogens with zero attached hydrogens (tertiary/aromatic N) is 1. The van der Waals surface area contributed by atoms with Gasteiger partial charge in [-0.25, -0.2) is 0 Å². The van der Waals surface area contributed by atoms with Crippen LogP contribution in [0.4, 0.5) is 0 Å². The molecule has 1 nitrogen and oxygen atoms in total. The van der Waals surface area contributed by atoms with Gasteiger partial charge in [0.05, 0.1) is 0 Å². The topological polar surface area (TPSA) is 3.24 Å². The first-order valence-electron chi connectivity index (χ1n) is 6.33. The molecule has 2 aromatic rings. The smallest absolute Gasteiger partial charge is 0.0358 e. The van der Waals surface area contributed by atoms with E-state index in [9.17, 15) is 0 Å². The Kier molecular flexibility index (Phi) is 4.52. The monoisotopic (exact) mass is 257 g/mol. The maximum atomic E-state index is 2.87. The molecule has 94 valence electrons. The van der Waals surface area contributed by atoms with Crippen LogP contribution in [0.2, 0.25) is 0 Å². The number of hydrogen-bond donors (Lipinski definition) is 0. The molecule has 2 aromatic carbocycles. The Labute approximate surface area is 112 Å². The first kappa shape index (κ1) is 13.3. The summed E-state index contributed by atoms with van der Waals surface area (Å²) in [6.45, 7) is 4.48. The van der Waals surface area contributed by atoms with Gasteiger partial charge in [0, 0.05) is 12.1 Å². The average molecular weight is 257 g/mol. The van der Waals surface area contributed by atoms with Gasteiger partial charge in [0.25, 0.3) is 0 Å². The maximum Gasteiger partial charge on any atom is 0.0358 e. The third-order valence-corrected chi connectivity index (χ3v) is 4.35. The summed E-state index contributed by atoms with van der Waals surface area (Å²) in [5.41, 5.74) is 2.69. The van der Waals surface area contributed by atoms with E-state index in [-0.39, 0.29) is 0 Å². The summed E-state index contributed by atoms with van der Waals surface area (Å²) in [5.74, 6) is 0. The lowest BCUT2D eigenvalue weighted by atomic mass is 10.0. The van der Waals surface area contributed by atoms with E-state index in [0.29, 0.717) is 12.1 Å². The Hall–Kier alpha value is -1.17. The summed E-state index contributed by atoms with van der Waals surface area (Å²) in [7, 11) is 2.87. The molecule has 0 saturated carbocycles. The van der Waals surface area contributed by atoms with Crippen molar-refractivity contribution in [2.75, 3.05) is 0 Å². The van der Waals surface area contributed by atoms with Crippen molar-refractivity contribution in [3.05, 3.63) is 71.8 Å². The number of hydrogen-bond acceptors (Lipinski definition) is 1. The molecule has 18 heavy (non-hydrogen) atoms. The summed E-state index contributed by atoms with van der Waals surface area (Å²) in [4.78, 5) is 0. The quantitative estimate of drug-likeness (QED) is 0.723. The summed E-state index contributed by atoms with van der Waals surface area (Å²) in [5, 5.41) is 0. The van der Waals surface area contributed by atoms with Crippen LogP contribution in [0.25, 0.3) is 0 Å². The number of benzene rings is 2. The minimum Gasteiger partial charge on any atom is -0.273 e. The zero-order chi connectivity index (χ0) is 13.0. The molecule has 0 spiro atoms. The average Bonchev–Trinajstić information content (AvgIpc) is 2.47. The van der Waals surface area contributed by atoms with E-state index < -0.39 is 0 Å². The van der Waals surface area contributed by atoms with Gasteiger partial charge in [-0.3, -0.25) is 4.67 Å². The Balaban J connectivity index is 2.14. The molecule has 0 aliphatic rings. The van der Waals surface area contributed by atoms with Crippen LogP contribution >= 0.6 is 9.39 Å². The third-order valence-electron chi connectivity index (χ3n) is 3.46. The lowest BCUT2D eigenvalue weighted by molar-refractivity contribution is 0.310. The number of rotatable bonds is 4. The zero-order valence-corrected chi connectivity index (χ0v) is 12.1. The molecule has 0 radical (unpaired) electrons. The predicted molar refractivity (Wildman–Crippen MR) is 81.3 cm³/mol. The van der Waals surface area contributed by atoms with E-state index in [1.807, 2.05) is 0 Å². The van der Waals surface area contributed by atoms with Crippen molar-refractivity contribution < 1.29 is 0 Å². The van der Waals surface area contributed by atoms with Crippen molar-refractivity contribution in [3.63, 3.8) is 0 Å². The fourth-order valence-corrected chi connectivity index (χ4v) is 2.49. The SMILES string of the molecule is C[C@@H](c1ccccc1)N(P)[C@@H](C)c1ccccc1. The van der Waals surface area contributed by atoms with Gasteiger partial charge in [-0.05, 0) is 25.0 Å². The third kappa shape index (κ3) is 2.98. The van der Waals surface area contributed by atoms with Crippen LogP contribution in [0.5, 0.6) is 0 Å². The van der Waals surface area contributed by atoms with Gasteiger partial charge in [-0.15, -0.1) is 0 Å². The predicted octanol–water partition coefficient (Wildman–Crippen LogP) is 4.60. The van der Waals surface area contributed by atoms with Crippen molar-refractivity contribution in [1.82, 2.24) is 4.67 Å². The lowest BCUT2D eigenvalue weighted by Gasteiger charge is -2.31. The standard InChI is InChI=1S/C16H20NP/c1-13(15-9-5-3-6-10-15)17(18)14(2)16-11-7-4-8-12-16/h3-14H,18H2,1-2H3/t13-,14-/m0/s1. The van der Waals surface area contributed by atoms with Crippen molar-refractivity contribution in [2.24, 2.45) is 0 Å².